The minimum atomic E-state index is -0.533. The maximum atomic E-state index is 11.9. The standard InChI is InChI=1S/C13H17N3O5/c1-9(12(17)21-3)8-14-13(18)15(2)10-5-4-6-11(7-10)16(19)20/h4-7,9H,8H2,1-3H3,(H,14,18)/t9-/m1/s1. The van der Waals surface area contributed by atoms with Gasteiger partial charge in [0.25, 0.3) is 5.69 Å². The molecule has 1 aromatic carbocycles. The van der Waals surface area contributed by atoms with Gasteiger partial charge in [0, 0.05) is 25.7 Å². The van der Waals surface area contributed by atoms with Crippen LogP contribution in [0.15, 0.2) is 24.3 Å². The van der Waals surface area contributed by atoms with Gasteiger partial charge in [-0.15, -0.1) is 0 Å². The topological polar surface area (TPSA) is 102 Å². The summed E-state index contributed by atoms with van der Waals surface area (Å²) < 4.78 is 4.55. The number of rotatable bonds is 5. The molecule has 1 N–H and O–H groups in total. The number of carbonyl (C=O) groups excluding carboxylic acids is 2. The first-order chi connectivity index (χ1) is 9.86. The monoisotopic (exact) mass is 295 g/mol. The van der Waals surface area contributed by atoms with Crippen LogP contribution in [0, 0.1) is 16.0 Å². The van der Waals surface area contributed by atoms with Gasteiger partial charge in [-0.1, -0.05) is 13.0 Å². The number of esters is 1. The second-order valence-corrected chi connectivity index (χ2v) is 4.45. The normalized spacial score (nSPS) is 11.4. The molecule has 0 fully saturated rings. The van der Waals surface area contributed by atoms with E-state index < -0.39 is 22.8 Å². The van der Waals surface area contributed by atoms with Gasteiger partial charge in [0.1, 0.15) is 0 Å². The van der Waals surface area contributed by atoms with Crippen molar-refractivity contribution < 1.29 is 19.2 Å². The SMILES string of the molecule is COC(=O)[C@H](C)CNC(=O)N(C)c1cccc([N+](=O)[O-])c1. The van der Waals surface area contributed by atoms with Gasteiger partial charge in [-0.2, -0.15) is 0 Å². The lowest BCUT2D eigenvalue weighted by molar-refractivity contribution is -0.384. The van der Waals surface area contributed by atoms with E-state index in [2.05, 4.69) is 10.1 Å². The van der Waals surface area contributed by atoms with Crippen molar-refractivity contribution in [3.63, 3.8) is 0 Å². The summed E-state index contributed by atoms with van der Waals surface area (Å²) in [4.78, 5) is 34.6. The second-order valence-electron chi connectivity index (χ2n) is 4.45. The molecule has 0 spiro atoms. The maximum absolute atomic E-state index is 11.9. The fourth-order valence-electron chi connectivity index (χ4n) is 1.58. The van der Waals surface area contributed by atoms with E-state index in [-0.39, 0.29) is 12.2 Å². The number of hydrogen-bond donors (Lipinski definition) is 1. The van der Waals surface area contributed by atoms with Crippen molar-refractivity contribution in [2.24, 2.45) is 5.92 Å². The van der Waals surface area contributed by atoms with Crippen LogP contribution in [-0.4, -0.2) is 37.6 Å². The smallest absolute Gasteiger partial charge is 0.321 e. The zero-order valence-electron chi connectivity index (χ0n) is 12.0. The summed E-state index contributed by atoms with van der Waals surface area (Å²) in [5, 5.41) is 13.3. The van der Waals surface area contributed by atoms with Crippen LogP contribution in [0.4, 0.5) is 16.2 Å². The highest BCUT2D eigenvalue weighted by Gasteiger charge is 2.17. The fraction of sp³-hybridized carbons (Fsp3) is 0.385. The van der Waals surface area contributed by atoms with Crippen LogP contribution in [0.3, 0.4) is 0 Å². The first-order valence-corrected chi connectivity index (χ1v) is 6.20. The third-order valence-electron chi connectivity index (χ3n) is 2.90. The molecule has 0 heterocycles. The molecule has 0 unspecified atom stereocenters. The second kappa shape index (κ2) is 7.22. The highest BCUT2D eigenvalue weighted by atomic mass is 16.6. The Balaban J connectivity index is 2.68. The number of urea groups is 1. The molecule has 0 aromatic heterocycles. The molecule has 2 amide bonds. The number of benzene rings is 1. The number of ether oxygens (including phenoxy) is 1. The van der Waals surface area contributed by atoms with Gasteiger partial charge >= 0.3 is 12.0 Å². The van der Waals surface area contributed by atoms with Crippen molar-refractivity contribution >= 4 is 23.4 Å². The first-order valence-electron chi connectivity index (χ1n) is 6.20. The van der Waals surface area contributed by atoms with Gasteiger partial charge < -0.3 is 10.1 Å². The van der Waals surface area contributed by atoms with E-state index in [1.54, 1.807) is 13.0 Å². The van der Waals surface area contributed by atoms with Crippen molar-refractivity contribution in [3.05, 3.63) is 34.4 Å². The molecule has 1 atom stereocenters. The number of nitrogens with zero attached hydrogens (tertiary/aromatic N) is 2. The Morgan fingerprint density at radius 2 is 2.14 bits per heavy atom. The fourth-order valence-corrected chi connectivity index (χ4v) is 1.58. The number of non-ortho nitro benzene ring substituents is 1. The molecule has 0 radical (unpaired) electrons. The minimum absolute atomic E-state index is 0.102. The van der Waals surface area contributed by atoms with Crippen LogP contribution < -0.4 is 10.2 Å². The quantitative estimate of drug-likeness (QED) is 0.504. The molecular weight excluding hydrogens is 278 g/mol. The van der Waals surface area contributed by atoms with Crippen molar-refractivity contribution in [1.29, 1.82) is 0 Å². The average Bonchev–Trinajstić information content (AvgIpc) is 2.50. The van der Waals surface area contributed by atoms with E-state index in [0.29, 0.717) is 5.69 Å². The lowest BCUT2D eigenvalue weighted by atomic mass is 10.2. The van der Waals surface area contributed by atoms with Crippen molar-refractivity contribution in [2.75, 3.05) is 25.6 Å². The van der Waals surface area contributed by atoms with Crippen LogP contribution in [0.5, 0.6) is 0 Å². The predicted octanol–water partition coefficient (Wildman–Crippen LogP) is 1.55. The molecular formula is C13H17N3O5. The Labute approximate surface area is 121 Å². The maximum Gasteiger partial charge on any atom is 0.321 e. The van der Waals surface area contributed by atoms with Crippen molar-refractivity contribution in [1.82, 2.24) is 5.32 Å². The predicted molar refractivity (Wildman–Crippen MR) is 76.1 cm³/mol. The zero-order valence-corrected chi connectivity index (χ0v) is 12.0. The molecule has 0 saturated carbocycles. The van der Waals surface area contributed by atoms with Gasteiger partial charge in [-0.25, -0.2) is 4.79 Å². The van der Waals surface area contributed by atoms with E-state index in [9.17, 15) is 19.7 Å². The number of nitrogens with one attached hydrogen (secondary N) is 1. The Morgan fingerprint density at radius 1 is 1.48 bits per heavy atom. The third kappa shape index (κ3) is 4.44. The van der Waals surface area contributed by atoms with Gasteiger partial charge in [-0.05, 0) is 6.07 Å². The molecule has 114 valence electrons. The molecule has 1 rings (SSSR count). The van der Waals surface area contributed by atoms with Crippen molar-refractivity contribution in [3.8, 4) is 0 Å². The molecule has 1 aromatic rings. The summed E-state index contributed by atoms with van der Waals surface area (Å²) in [7, 11) is 2.76. The number of nitro benzene ring substituents is 1. The molecule has 0 bridgehead atoms. The summed E-state index contributed by atoms with van der Waals surface area (Å²) in [5.41, 5.74) is 0.280. The summed E-state index contributed by atoms with van der Waals surface area (Å²) in [6.07, 6.45) is 0. The number of carbonyl (C=O) groups is 2. The number of nitro groups is 1. The first kappa shape index (κ1) is 16.4. The van der Waals surface area contributed by atoms with E-state index in [1.165, 1.54) is 37.3 Å². The average molecular weight is 295 g/mol. The highest BCUT2D eigenvalue weighted by molar-refractivity contribution is 5.92. The molecule has 8 heteroatoms. The highest BCUT2D eigenvalue weighted by Crippen LogP contribution is 2.20. The van der Waals surface area contributed by atoms with Gasteiger partial charge in [0.05, 0.1) is 23.6 Å². The number of methoxy groups -OCH3 is 1. The summed E-state index contributed by atoms with van der Waals surface area (Å²) in [5.74, 6) is -0.897. The number of amides is 2. The van der Waals surface area contributed by atoms with Crippen LogP contribution in [0.1, 0.15) is 6.92 Å². The third-order valence-corrected chi connectivity index (χ3v) is 2.90. The summed E-state index contributed by atoms with van der Waals surface area (Å²) in [6, 6.07) is 5.24. The summed E-state index contributed by atoms with van der Waals surface area (Å²) >= 11 is 0. The van der Waals surface area contributed by atoms with Gasteiger partial charge in [0.2, 0.25) is 0 Å². The Morgan fingerprint density at radius 3 is 2.71 bits per heavy atom. The number of anilines is 1. The van der Waals surface area contributed by atoms with E-state index >= 15 is 0 Å². The molecule has 0 saturated heterocycles. The molecule has 21 heavy (non-hydrogen) atoms. The van der Waals surface area contributed by atoms with Gasteiger partial charge in [-0.3, -0.25) is 19.8 Å². The van der Waals surface area contributed by atoms with Crippen LogP contribution in [0.25, 0.3) is 0 Å². The number of hydrogen-bond acceptors (Lipinski definition) is 5. The van der Waals surface area contributed by atoms with Crippen molar-refractivity contribution in [2.45, 2.75) is 6.92 Å². The molecule has 0 aliphatic carbocycles. The summed E-state index contributed by atoms with van der Waals surface area (Å²) in [6.45, 7) is 1.74. The molecule has 0 aliphatic heterocycles. The molecule has 0 aliphatic rings. The largest absolute Gasteiger partial charge is 0.469 e. The van der Waals surface area contributed by atoms with E-state index in [0.717, 1.165) is 0 Å². The lowest BCUT2D eigenvalue weighted by Gasteiger charge is -2.19. The Hall–Kier alpha value is -2.64. The zero-order chi connectivity index (χ0) is 16.0. The van der Waals surface area contributed by atoms with Crippen LogP contribution in [0.2, 0.25) is 0 Å². The lowest BCUT2D eigenvalue weighted by Crippen LogP contribution is -2.40. The Bertz CT molecular complexity index is 546. The minimum Gasteiger partial charge on any atom is -0.469 e. The van der Waals surface area contributed by atoms with E-state index in [1.807, 2.05) is 0 Å². The van der Waals surface area contributed by atoms with E-state index in [4.69, 9.17) is 0 Å². The molecule has 8 nitrogen and oxygen atoms in total. The van der Waals surface area contributed by atoms with Gasteiger partial charge in [0.15, 0.2) is 0 Å². The van der Waals surface area contributed by atoms with Crippen LogP contribution in [-0.2, 0) is 9.53 Å². The van der Waals surface area contributed by atoms with Crippen LogP contribution >= 0.6 is 0 Å². The Kier molecular flexibility index (Phi) is 5.65.